The number of aliphatic hydroxyl groups is 1. The molecule has 4 aromatic carbocycles. The summed E-state index contributed by atoms with van der Waals surface area (Å²) in [5, 5.41) is 12.4. The number of aliphatic hydroxyl groups excluding tert-OH is 1. The van der Waals surface area contributed by atoms with E-state index in [0.717, 1.165) is 16.0 Å². The zero-order valence-corrected chi connectivity index (χ0v) is 24.6. The first kappa shape index (κ1) is 29.6. The molecule has 0 aromatic heterocycles. The summed E-state index contributed by atoms with van der Waals surface area (Å²) in [4.78, 5) is 37.8. The molecule has 1 amide bonds. The van der Waals surface area contributed by atoms with Crippen LogP contribution in [0.4, 0.5) is 11.4 Å². The number of hydrogen-bond acceptors (Lipinski definition) is 9. The second kappa shape index (κ2) is 12.6. The fraction of sp³-hybridized carbons (Fsp3) is 0.206. The van der Waals surface area contributed by atoms with Gasteiger partial charge in [-0.05, 0) is 53.6 Å². The predicted molar refractivity (Wildman–Crippen MR) is 165 cm³/mol. The number of benzene rings is 4. The van der Waals surface area contributed by atoms with Crippen molar-refractivity contribution in [3.63, 3.8) is 0 Å². The molecule has 4 atom stereocenters. The van der Waals surface area contributed by atoms with E-state index in [-0.39, 0.29) is 41.4 Å². The molecule has 2 aliphatic heterocycles. The van der Waals surface area contributed by atoms with Crippen molar-refractivity contribution in [3.8, 4) is 0 Å². The number of carbonyl (C=O) groups is 3. The number of nitrogens with two attached hydrogens (primary N) is 1. The van der Waals surface area contributed by atoms with E-state index < -0.39 is 24.1 Å². The minimum atomic E-state index is -0.773. The van der Waals surface area contributed by atoms with Gasteiger partial charge in [0.2, 0.25) is 0 Å². The molecule has 1 fully saturated rings. The standard InChI is InChI=1S/C34H30N2O7S/c1-19-28(18-44-29-8-3-2-7-27(29)35)41-34(42-30(19)21-11-9-20(17-37)10-12-21)23-5-4-6-24(15-23)36-31(38)22-13-14-25-26(16-22)33(40)43-32(25)39/h2-16,19,28,30,34,37H,17-18,35H2,1H3,(H,36,38). The van der Waals surface area contributed by atoms with Gasteiger partial charge in [0.05, 0.1) is 29.9 Å². The third-order valence-corrected chi connectivity index (χ3v) is 8.95. The van der Waals surface area contributed by atoms with Crippen molar-refractivity contribution in [2.45, 2.75) is 36.9 Å². The number of ether oxygens (including phenoxy) is 3. The highest BCUT2D eigenvalue weighted by Crippen LogP contribution is 2.43. The van der Waals surface area contributed by atoms with Crippen LogP contribution in [0.2, 0.25) is 0 Å². The molecule has 0 radical (unpaired) electrons. The fourth-order valence-electron chi connectivity index (χ4n) is 5.29. The van der Waals surface area contributed by atoms with Gasteiger partial charge in [0.1, 0.15) is 0 Å². The lowest BCUT2D eigenvalue weighted by molar-refractivity contribution is -0.268. The van der Waals surface area contributed by atoms with Crippen molar-refractivity contribution in [1.82, 2.24) is 0 Å². The van der Waals surface area contributed by atoms with Gasteiger partial charge in [0, 0.05) is 39.1 Å². The maximum atomic E-state index is 13.1. The first-order valence-corrected chi connectivity index (χ1v) is 15.1. The highest BCUT2D eigenvalue weighted by Gasteiger charge is 2.38. The van der Waals surface area contributed by atoms with Crippen molar-refractivity contribution < 1.29 is 33.7 Å². The van der Waals surface area contributed by atoms with Crippen molar-refractivity contribution >= 4 is 41.0 Å². The molecule has 224 valence electrons. The minimum absolute atomic E-state index is 0.00932. The maximum absolute atomic E-state index is 13.1. The molecule has 0 aliphatic carbocycles. The topological polar surface area (TPSA) is 137 Å². The lowest BCUT2D eigenvalue weighted by Crippen LogP contribution is -2.38. The summed E-state index contributed by atoms with van der Waals surface area (Å²) in [5.74, 6) is -1.32. The zero-order chi connectivity index (χ0) is 30.8. The monoisotopic (exact) mass is 610 g/mol. The zero-order valence-electron chi connectivity index (χ0n) is 23.8. The molecular weight excluding hydrogens is 580 g/mol. The van der Waals surface area contributed by atoms with Crippen molar-refractivity contribution in [1.29, 1.82) is 0 Å². The summed E-state index contributed by atoms with van der Waals surface area (Å²) in [6.45, 7) is 2.05. The van der Waals surface area contributed by atoms with E-state index >= 15 is 0 Å². The van der Waals surface area contributed by atoms with Gasteiger partial charge in [-0.15, -0.1) is 11.8 Å². The molecular formula is C34H30N2O7S. The molecule has 4 aromatic rings. The second-order valence-corrected chi connectivity index (χ2v) is 11.7. The Labute approximate surface area is 258 Å². The number of esters is 2. The summed E-state index contributed by atoms with van der Waals surface area (Å²) in [5.41, 5.74) is 10.3. The quantitative estimate of drug-likeness (QED) is 0.0963. The second-order valence-electron chi connectivity index (χ2n) is 10.7. The summed E-state index contributed by atoms with van der Waals surface area (Å²) in [6.07, 6.45) is -1.23. The average molecular weight is 611 g/mol. The molecule has 0 saturated carbocycles. The molecule has 2 aliphatic rings. The Kier molecular flexibility index (Phi) is 8.49. The number of para-hydroxylation sites is 1. The van der Waals surface area contributed by atoms with Gasteiger partial charge in [-0.2, -0.15) is 0 Å². The van der Waals surface area contributed by atoms with E-state index in [1.807, 2.05) is 54.6 Å². The molecule has 44 heavy (non-hydrogen) atoms. The summed E-state index contributed by atoms with van der Waals surface area (Å²) >= 11 is 1.63. The van der Waals surface area contributed by atoms with Crippen molar-refractivity contribution in [2.24, 2.45) is 5.92 Å². The van der Waals surface area contributed by atoms with Crippen LogP contribution < -0.4 is 11.1 Å². The van der Waals surface area contributed by atoms with E-state index in [2.05, 4.69) is 17.0 Å². The Morgan fingerprint density at radius 2 is 1.66 bits per heavy atom. The summed E-state index contributed by atoms with van der Waals surface area (Å²) in [6, 6.07) is 26.9. The van der Waals surface area contributed by atoms with E-state index in [9.17, 15) is 19.5 Å². The van der Waals surface area contributed by atoms with Gasteiger partial charge < -0.3 is 30.4 Å². The number of rotatable bonds is 8. The normalized spacial score (nSPS) is 21.0. The number of carbonyl (C=O) groups excluding carboxylic acids is 3. The lowest BCUT2D eigenvalue weighted by atomic mass is 9.91. The first-order valence-electron chi connectivity index (χ1n) is 14.1. The van der Waals surface area contributed by atoms with Crippen LogP contribution in [0.15, 0.2) is 95.9 Å². The average Bonchev–Trinajstić information content (AvgIpc) is 3.33. The van der Waals surface area contributed by atoms with E-state index in [4.69, 9.17) is 15.2 Å². The molecule has 6 rings (SSSR count). The van der Waals surface area contributed by atoms with E-state index in [1.54, 1.807) is 30.0 Å². The molecule has 4 N–H and O–H groups in total. The summed E-state index contributed by atoms with van der Waals surface area (Å²) in [7, 11) is 0. The van der Waals surface area contributed by atoms with Crippen molar-refractivity contribution in [2.75, 3.05) is 16.8 Å². The number of thioether (sulfide) groups is 1. The van der Waals surface area contributed by atoms with Crippen LogP contribution in [-0.4, -0.2) is 34.8 Å². The Morgan fingerprint density at radius 3 is 2.43 bits per heavy atom. The minimum Gasteiger partial charge on any atom is -0.398 e. The maximum Gasteiger partial charge on any atom is 0.346 e. The predicted octanol–water partition coefficient (Wildman–Crippen LogP) is 5.91. The fourth-order valence-corrected chi connectivity index (χ4v) is 6.42. The smallest absolute Gasteiger partial charge is 0.346 e. The molecule has 0 bridgehead atoms. The number of hydrogen-bond donors (Lipinski definition) is 3. The summed E-state index contributed by atoms with van der Waals surface area (Å²) < 4.78 is 17.7. The van der Waals surface area contributed by atoms with Gasteiger partial charge in [-0.25, -0.2) is 9.59 Å². The first-order chi connectivity index (χ1) is 21.3. The van der Waals surface area contributed by atoms with Crippen LogP contribution in [0.1, 0.15) is 67.1 Å². The van der Waals surface area contributed by atoms with Crippen LogP contribution >= 0.6 is 11.8 Å². The number of nitrogen functional groups attached to an aromatic ring is 1. The molecule has 10 heteroatoms. The molecule has 1 saturated heterocycles. The van der Waals surface area contributed by atoms with E-state index in [0.29, 0.717) is 22.7 Å². The van der Waals surface area contributed by atoms with Crippen LogP contribution in [-0.2, 0) is 20.8 Å². The van der Waals surface area contributed by atoms with Gasteiger partial charge in [0.25, 0.3) is 5.91 Å². The molecule has 2 heterocycles. The largest absolute Gasteiger partial charge is 0.398 e. The van der Waals surface area contributed by atoms with Crippen LogP contribution in [0.5, 0.6) is 0 Å². The molecule has 9 nitrogen and oxygen atoms in total. The van der Waals surface area contributed by atoms with Crippen molar-refractivity contribution in [3.05, 3.63) is 124 Å². The van der Waals surface area contributed by atoms with Gasteiger partial charge >= 0.3 is 11.9 Å². The Bertz CT molecular complexity index is 1730. The van der Waals surface area contributed by atoms with Gasteiger partial charge in [-0.3, -0.25) is 4.79 Å². The molecule has 0 spiro atoms. The number of fused-ring (bicyclic) bond motifs is 1. The third-order valence-electron chi connectivity index (χ3n) is 7.77. The van der Waals surface area contributed by atoms with Gasteiger partial charge in [-0.1, -0.05) is 55.5 Å². The SMILES string of the molecule is CC1C(CSc2ccccc2N)OC(c2cccc(NC(=O)c3ccc4c(c3)C(=O)OC4=O)c2)OC1c1ccc(CO)cc1. The highest BCUT2D eigenvalue weighted by atomic mass is 32.2. The Morgan fingerprint density at radius 1 is 0.886 bits per heavy atom. The Hall–Kier alpha value is -4.48. The van der Waals surface area contributed by atoms with Crippen LogP contribution in [0.3, 0.4) is 0 Å². The number of cyclic esters (lactones) is 2. The Balaban J connectivity index is 1.24. The van der Waals surface area contributed by atoms with Crippen LogP contribution in [0, 0.1) is 5.92 Å². The van der Waals surface area contributed by atoms with Crippen LogP contribution in [0.25, 0.3) is 0 Å². The lowest BCUT2D eigenvalue weighted by Gasteiger charge is -2.41. The molecule has 4 unspecified atom stereocenters. The van der Waals surface area contributed by atoms with E-state index in [1.165, 1.54) is 18.2 Å². The number of anilines is 2. The van der Waals surface area contributed by atoms with Gasteiger partial charge in [0.15, 0.2) is 6.29 Å². The number of nitrogens with one attached hydrogen (secondary N) is 1. The highest BCUT2D eigenvalue weighted by molar-refractivity contribution is 7.99. The number of amides is 1. The third kappa shape index (κ3) is 6.11.